The number of anilines is 1. The van der Waals surface area contributed by atoms with Crippen LogP contribution in [0.3, 0.4) is 0 Å². The molecule has 0 aliphatic carbocycles. The van der Waals surface area contributed by atoms with E-state index in [0.29, 0.717) is 6.54 Å². The number of hydrogen-bond acceptors (Lipinski definition) is 3. The molecule has 1 aromatic carbocycles. The van der Waals surface area contributed by atoms with E-state index in [9.17, 15) is 9.90 Å². The molecule has 0 aromatic heterocycles. The molecule has 1 aliphatic rings. The lowest BCUT2D eigenvalue weighted by Crippen LogP contribution is -2.66. The number of aliphatic hydroxyl groups excluding tert-OH is 1. The molecule has 1 fully saturated rings. The molecule has 98 valence electrons. The summed E-state index contributed by atoms with van der Waals surface area (Å²) in [5.74, 6) is -0.0880. The average Bonchev–Trinajstić information content (AvgIpc) is 2.31. The fourth-order valence-corrected chi connectivity index (χ4v) is 2.61. The van der Waals surface area contributed by atoms with Crippen molar-refractivity contribution in [2.45, 2.75) is 25.4 Å². The van der Waals surface area contributed by atoms with E-state index in [1.165, 1.54) is 0 Å². The molecular weight excluding hydrogens is 296 g/mol. The highest BCUT2D eigenvalue weighted by Crippen LogP contribution is 2.25. The number of carbonyl (C=O) groups excluding carboxylic acids is 1. The molecule has 1 aliphatic heterocycles. The average molecular weight is 313 g/mol. The Morgan fingerprint density at radius 3 is 2.89 bits per heavy atom. The van der Waals surface area contributed by atoms with Crippen molar-refractivity contribution in [1.82, 2.24) is 5.32 Å². The number of hydrogen-bond donors (Lipinski definition) is 2. The predicted octanol–water partition coefficient (Wildman–Crippen LogP) is 1.52. The van der Waals surface area contributed by atoms with Crippen LogP contribution in [-0.2, 0) is 4.79 Å². The van der Waals surface area contributed by atoms with Gasteiger partial charge in [0.1, 0.15) is 6.04 Å². The molecule has 1 amide bonds. The van der Waals surface area contributed by atoms with E-state index in [0.717, 1.165) is 10.2 Å². The van der Waals surface area contributed by atoms with Crippen LogP contribution in [-0.4, -0.2) is 35.7 Å². The largest absolute Gasteiger partial charge is 0.394 e. The minimum absolute atomic E-state index is 0.0880. The molecule has 1 aromatic rings. The van der Waals surface area contributed by atoms with E-state index < -0.39 is 6.04 Å². The molecule has 0 radical (unpaired) electrons. The summed E-state index contributed by atoms with van der Waals surface area (Å²) in [4.78, 5) is 14.0. The van der Waals surface area contributed by atoms with Crippen molar-refractivity contribution in [3.05, 3.63) is 28.7 Å². The molecule has 18 heavy (non-hydrogen) atoms. The van der Waals surface area contributed by atoms with Crippen LogP contribution in [0.5, 0.6) is 0 Å². The van der Waals surface area contributed by atoms with Gasteiger partial charge in [0.25, 0.3) is 0 Å². The van der Waals surface area contributed by atoms with Gasteiger partial charge in [0.2, 0.25) is 5.91 Å². The maximum Gasteiger partial charge on any atom is 0.246 e. The van der Waals surface area contributed by atoms with E-state index in [1.54, 1.807) is 4.90 Å². The Labute approximate surface area is 115 Å². The monoisotopic (exact) mass is 312 g/mol. The highest BCUT2D eigenvalue weighted by molar-refractivity contribution is 9.10. The summed E-state index contributed by atoms with van der Waals surface area (Å²) < 4.78 is 0.935. The van der Waals surface area contributed by atoms with Crippen LogP contribution in [0, 0.1) is 0 Å². The minimum Gasteiger partial charge on any atom is -0.394 e. The molecule has 5 heteroatoms. The maximum absolute atomic E-state index is 12.2. The van der Waals surface area contributed by atoms with E-state index in [2.05, 4.69) is 21.2 Å². The first-order chi connectivity index (χ1) is 8.43. The van der Waals surface area contributed by atoms with Gasteiger partial charge < -0.3 is 10.0 Å². The zero-order chi connectivity index (χ0) is 13.3. The summed E-state index contributed by atoms with van der Waals surface area (Å²) in [6, 6.07) is 7.10. The van der Waals surface area contributed by atoms with Gasteiger partial charge in [0.15, 0.2) is 0 Å². The first kappa shape index (κ1) is 13.5. The summed E-state index contributed by atoms with van der Waals surface area (Å²) in [6.45, 7) is 4.44. The second kappa shape index (κ2) is 4.99. The molecule has 1 unspecified atom stereocenters. The van der Waals surface area contributed by atoms with Crippen LogP contribution < -0.4 is 10.2 Å². The Bertz CT molecular complexity index is 462. The van der Waals surface area contributed by atoms with E-state index in [-0.39, 0.29) is 18.1 Å². The van der Waals surface area contributed by atoms with E-state index in [1.807, 2.05) is 38.1 Å². The van der Waals surface area contributed by atoms with Gasteiger partial charge in [-0.1, -0.05) is 22.0 Å². The SMILES string of the molecule is CC1(C)CN(c2cccc(Br)c2)C(=O)C(CO)N1. The molecule has 4 nitrogen and oxygen atoms in total. The molecular formula is C13H17BrN2O2. The highest BCUT2D eigenvalue weighted by atomic mass is 79.9. The molecule has 2 N–H and O–H groups in total. The van der Waals surface area contributed by atoms with Gasteiger partial charge in [-0.3, -0.25) is 10.1 Å². The number of amides is 1. The van der Waals surface area contributed by atoms with Gasteiger partial charge in [-0.2, -0.15) is 0 Å². The zero-order valence-corrected chi connectivity index (χ0v) is 12.1. The Balaban J connectivity index is 2.33. The van der Waals surface area contributed by atoms with Crippen LogP contribution in [0.25, 0.3) is 0 Å². The smallest absolute Gasteiger partial charge is 0.246 e. The van der Waals surface area contributed by atoms with Gasteiger partial charge in [0.05, 0.1) is 6.61 Å². The Morgan fingerprint density at radius 1 is 1.56 bits per heavy atom. The molecule has 0 bridgehead atoms. The maximum atomic E-state index is 12.2. The molecule has 0 spiro atoms. The second-order valence-corrected chi connectivity index (χ2v) is 6.08. The van der Waals surface area contributed by atoms with E-state index in [4.69, 9.17) is 0 Å². The third kappa shape index (κ3) is 2.74. The minimum atomic E-state index is -0.535. The number of piperazine rings is 1. The summed E-state index contributed by atoms with van der Waals surface area (Å²) in [7, 11) is 0. The lowest BCUT2D eigenvalue weighted by atomic mass is 9.97. The third-order valence-corrected chi connectivity index (χ3v) is 3.48. The second-order valence-electron chi connectivity index (χ2n) is 5.17. The normalized spacial score (nSPS) is 23.2. The first-order valence-electron chi connectivity index (χ1n) is 5.88. The first-order valence-corrected chi connectivity index (χ1v) is 6.68. The zero-order valence-electron chi connectivity index (χ0n) is 10.5. The number of rotatable bonds is 2. The van der Waals surface area contributed by atoms with Crippen molar-refractivity contribution in [2.75, 3.05) is 18.1 Å². The van der Waals surface area contributed by atoms with Crippen molar-refractivity contribution in [3.63, 3.8) is 0 Å². The number of benzene rings is 1. The lowest BCUT2D eigenvalue weighted by Gasteiger charge is -2.42. The van der Waals surface area contributed by atoms with Gasteiger partial charge in [-0.25, -0.2) is 0 Å². The number of aliphatic hydroxyl groups is 1. The summed E-state index contributed by atoms with van der Waals surface area (Å²) in [5.41, 5.74) is 0.631. The summed E-state index contributed by atoms with van der Waals surface area (Å²) >= 11 is 3.41. The van der Waals surface area contributed by atoms with Gasteiger partial charge in [-0.05, 0) is 32.0 Å². The molecule has 1 saturated heterocycles. The molecule has 1 heterocycles. The standard InChI is InChI=1S/C13H17BrN2O2/c1-13(2)8-16(12(18)11(7-17)15-13)10-5-3-4-9(14)6-10/h3-6,11,15,17H,7-8H2,1-2H3. The summed E-state index contributed by atoms with van der Waals surface area (Å²) in [5, 5.41) is 12.4. The van der Waals surface area contributed by atoms with Crippen molar-refractivity contribution in [1.29, 1.82) is 0 Å². The van der Waals surface area contributed by atoms with Crippen LogP contribution in [0.2, 0.25) is 0 Å². The van der Waals surface area contributed by atoms with Crippen molar-refractivity contribution >= 4 is 27.5 Å². The van der Waals surface area contributed by atoms with Crippen LogP contribution in [0.15, 0.2) is 28.7 Å². The van der Waals surface area contributed by atoms with Crippen LogP contribution in [0.1, 0.15) is 13.8 Å². The highest BCUT2D eigenvalue weighted by Gasteiger charge is 2.38. The van der Waals surface area contributed by atoms with E-state index >= 15 is 0 Å². The quantitative estimate of drug-likeness (QED) is 0.870. The van der Waals surface area contributed by atoms with Crippen molar-refractivity contribution in [3.8, 4) is 0 Å². The number of carbonyl (C=O) groups is 1. The van der Waals surface area contributed by atoms with Crippen molar-refractivity contribution in [2.24, 2.45) is 0 Å². The topological polar surface area (TPSA) is 52.6 Å². The Hall–Kier alpha value is -0.910. The predicted molar refractivity (Wildman–Crippen MR) is 74.6 cm³/mol. The molecule has 0 saturated carbocycles. The Morgan fingerprint density at radius 2 is 2.28 bits per heavy atom. The molecule has 2 rings (SSSR count). The fraction of sp³-hybridized carbons (Fsp3) is 0.462. The Kier molecular flexibility index (Phi) is 3.75. The molecule has 1 atom stereocenters. The van der Waals surface area contributed by atoms with Crippen LogP contribution >= 0.6 is 15.9 Å². The third-order valence-electron chi connectivity index (χ3n) is 2.98. The lowest BCUT2D eigenvalue weighted by molar-refractivity contribution is -0.124. The van der Waals surface area contributed by atoms with Crippen LogP contribution in [0.4, 0.5) is 5.69 Å². The van der Waals surface area contributed by atoms with Crippen molar-refractivity contribution < 1.29 is 9.90 Å². The summed E-state index contributed by atoms with van der Waals surface area (Å²) in [6.07, 6.45) is 0. The van der Waals surface area contributed by atoms with Gasteiger partial charge in [-0.15, -0.1) is 0 Å². The van der Waals surface area contributed by atoms with Gasteiger partial charge in [0, 0.05) is 22.2 Å². The fourth-order valence-electron chi connectivity index (χ4n) is 2.23. The number of nitrogens with one attached hydrogen (secondary N) is 1. The van der Waals surface area contributed by atoms with Gasteiger partial charge >= 0.3 is 0 Å². The number of nitrogens with zero attached hydrogens (tertiary/aromatic N) is 1. The number of halogens is 1.